The van der Waals surface area contributed by atoms with Gasteiger partial charge in [-0.05, 0) is 0 Å². The van der Waals surface area contributed by atoms with Crippen LogP contribution in [0, 0.1) is 0 Å². The molecule has 2 N–H and O–H groups in total. The lowest BCUT2D eigenvalue weighted by Crippen LogP contribution is -2.31. The van der Waals surface area contributed by atoms with E-state index in [9.17, 15) is 22.8 Å². The van der Waals surface area contributed by atoms with Crippen LogP contribution in [0.1, 0.15) is 6.92 Å². The topological polar surface area (TPSA) is 76.0 Å². The Morgan fingerprint density at radius 2 is 2.10 bits per heavy atom. The predicted octanol–water partition coefficient (Wildman–Crippen LogP) is 1.01. The molecule has 1 aromatic rings. The lowest BCUT2D eigenvalue weighted by molar-refractivity contribution is -0.143. The van der Waals surface area contributed by atoms with Crippen LogP contribution in [-0.4, -0.2) is 35.0 Å². The number of rotatable bonds is 5. The Bertz CT molecular complexity index is 544. The molecule has 20 heavy (non-hydrogen) atoms. The van der Waals surface area contributed by atoms with Crippen LogP contribution in [0.4, 0.5) is 18.9 Å². The zero-order valence-electron chi connectivity index (χ0n) is 10.4. The van der Waals surface area contributed by atoms with Gasteiger partial charge >= 0.3 is 6.18 Å². The van der Waals surface area contributed by atoms with E-state index in [1.165, 1.54) is 6.92 Å². The lowest BCUT2D eigenvalue weighted by Gasteiger charge is -2.11. The summed E-state index contributed by atoms with van der Waals surface area (Å²) in [6, 6.07) is 0. The Morgan fingerprint density at radius 3 is 2.65 bits per heavy atom. The number of halogens is 4. The first-order chi connectivity index (χ1) is 9.20. The van der Waals surface area contributed by atoms with Crippen molar-refractivity contribution in [2.75, 3.05) is 18.4 Å². The van der Waals surface area contributed by atoms with E-state index in [1.807, 2.05) is 0 Å². The maximum absolute atomic E-state index is 12.2. The highest BCUT2D eigenvalue weighted by molar-refractivity contribution is 6.32. The molecule has 6 nitrogen and oxygen atoms in total. The summed E-state index contributed by atoms with van der Waals surface area (Å²) in [6.45, 7) is 0.367. The molecule has 0 saturated heterocycles. The zero-order chi connectivity index (χ0) is 15.3. The first-order valence-electron chi connectivity index (χ1n) is 5.51. The van der Waals surface area contributed by atoms with Crippen LogP contribution in [-0.2, 0) is 11.3 Å². The number of hydrogen-bond donors (Lipinski definition) is 2. The molecular weight excluding hydrogens is 301 g/mol. The van der Waals surface area contributed by atoms with Crippen molar-refractivity contribution in [2.45, 2.75) is 19.6 Å². The molecule has 0 saturated carbocycles. The molecule has 0 atom stereocenters. The average Bonchev–Trinajstić information content (AvgIpc) is 2.31. The molecule has 1 heterocycles. The first-order valence-corrected chi connectivity index (χ1v) is 5.89. The summed E-state index contributed by atoms with van der Waals surface area (Å²) in [5.74, 6) is -0.225. The van der Waals surface area contributed by atoms with Gasteiger partial charge in [0.2, 0.25) is 5.91 Å². The fourth-order valence-electron chi connectivity index (χ4n) is 1.31. The standard InChI is InChI=1S/C10H12ClF3N4O2/c1-6(19)15-2-3-16-7-4-17-18(5-10(12,13)14)9(20)8(7)11/h4,16H,2-3,5H2,1H3,(H,15,19). The van der Waals surface area contributed by atoms with E-state index in [4.69, 9.17) is 11.6 Å². The molecule has 1 amide bonds. The number of alkyl halides is 3. The van der Waals surface area contributed by atoms with Crippen LogP contribution >= 0.6 is 11.6 Å². The molecule has 0 spiro atoms. The molecule has 0 radical (unpaired) electrons. The summed E-state index contributed by atoms with van der Waals surface area (Å²) in [5, 5.41) is 8.20. The predicted molar refractivity (Wildman–Crippen MR) is 66.7 cm³/mol. The van der Waals surface area contributed by atoms with Crippen molar-refractivity contribution in [1.29, 1.82) is 0 Å². The number of hydrogen-bond acceptors (Lipinski definition) is 4. The van der Waals surface area contributed by atoms with Crippen LogP contribution in [0.3, 0.4) is 0 Å². The number of amides is 1. The SMILES string of the molecule is CC(=O)NCCNc1cnn(CC(F)(F)F)c(=O)c1Cl. The van der Waals surface area contributed by atoms with E-state index in [0.29, 0.717) is 0 Å². The Labute approximate surface area is 116 Å². The number of anilines is 1. The molecule has 0 aromatic carbocycles. The summed E-state index contributed by atoms with van der Waals surface area (Å²) in [5.41, 5.74) is -0.922. The van der Waals surface area contributed by atoms with E-state index in [1.54, 1.807) is 0 Å². The van der Waals surface area contributed by atoms with Crippen LogP contribution in [0.15, 0.2) is 11.0 Å². The summed E-state index contributed by atoms with van der Waals surface area (Å²) < 4.78 is 36.8. The van der Waals surface area contributed by atoms with Gasteiger partial charge < -0.3 is 10.6 Å². The van der Waals surface area contributed by atoms with E-state index >= 15 is 0 Å². The first kappa shape index (κ1) is 16.3. The second kappa shape index (κ2) is 6.60. The highest BCUT2D eigenvalue weighted by Crippen LogP contribution is 2.18. The van der Waals surface area contributed by atoms with Crippen molar-refractivity contribution in [3.8, 4) is 0 Å². The van der Waals surface area contributed by atoms with Gasteiger partial charge in [0.05, 0.1) is 11.9 Å². The Hall–Kier alpha value is -1.77. The monoisotopic (exact) mass is 312 g/mol. The van der Waals surface area contributed by atoms with Gasteiger partial charge in [-0.3, -0.25) is 9.59 Å². The number of carbonyl (C=O) groups excluding carboxylic acids is 1. The van der Waals surface area contributed by atoms with Crippen LogP contribution < -0.4 is 16.2 Å². The van der Waals surface area contributed by atoms with Crippen LogP contribution in [0.5, 0.6) is 0 Å². The molecule has 1 rings (SSSR count). The van der Waals surface area contributed by atoms with Gasteiger partial charge in [0, 0.05) is 20.0 Å². The van der Waals surface area contributed by atoms with Gasteiger partial charge in [0.1, 0.15) is 11.6 Å². The van der Waals surface area contributed by atoms with Gasteiger partial charge in [-0.1, -0.05) is 11.6 Å². The lowest BCUT2D eigenvalue weighted by atomic mass is 10.4. The van der Waals surface area contributed by atoms with Gasteiger partial charge in [-0.2, -0.15) is 18.3 Å². The third-order valence-corrected chi connectivity index (χ3v) is 2.49. The quantitative estimate of drug-likeness (QED) is 0.796. The third kappa shape index (κ3) is 5.08. The Balaban J connectivity index is 2.74. The van der Waals surface area contributed by atoms with Gasteiger partial charge in [0.25, 0.3) is 5.56 Å². The summed E-state index contributed by atoms with van der Waals surface area (Å²) in [6.07, 6.45) is -3.52. The van der Waals surface area contributed by atoms with E-state index in [0.717, 1.165) is 6.20 Å². The van der Waals surface area contributed by atoms with Crippen LogP contribution in [0.2, 0.25) is 5.02 Å². The van der Waals surface area contributed by atoms with Crippen LogP contribution in [0.25, 0.3) is 0 Å². The second-order valence-corrected chi connectivity index (χ2v) is 4.24. The molecule has 1 aromatic heterocycles. The van der Waals surface area contributed by atoms with Crippen molar-refractivity contribution in [2.24, 2.45) is 0 Å². The number of aromatic nitrogens is 2. The minimum absolute atomic E-state index is 0.112. The van der Waals surface area contributed by atoms with Gasteiger partial charge in [-0.25, -0.2) is 4.68 Å². The fourth-order valence-corrected chi connectivity index (χ4v) is 1.52. The molecule has 10 heteroatoms. The summed E-state index contributed by atoms with van der Waals surface area (Å²) >= 11 is 5.68. The molecule has 0 aliphatic heterocycles. The maximum atomic E-state index is 12.2. The fraction of sp³-hybridized carbons (Fsp3) is 0.500. The van der Waals surface area contributed by atoms with Gasteiger partial charge in [-0.15, -0.1) is 0 Å². The third-order valence-electron chi connectivity index (χ3n) is 2.13. The minimum atomic E-state index is -4.56. The van der Waals surface area contributed by atoms with Crippen molar-refractivity contribution in [3.05, 3.63) is 21.6 Å². The van der Waals surface area contributed by atoms with Gasteiger partial charge in [0.15, 0.2) is 0 Å². The van der Waals surface area contributed by atoms with Crippen molar-refractivity contribution in [3.63, 3.8) is 0 Å². The molecule has 0 fully saturated rings. The Morgan fingerprint density at radius 1 is 1.45 bits per heavy atom. The Kier molecular flexibility index (Phi) is 5.37. The molecule has 0 aliphatic rings. The van der Waals surface area contributed by atoms with E-state index < -0.39 is 18.3 Å². The maximum Gasteiger partial charge on any atom is 0.408 e. The van der Waals surface area contributed by atoms with Crippen molar-refractivity contribution >= 4 is 23.2 Å². The summed E-state index contributed by atoms with van der Waals surface area (Å²) in [4.78, 5) is 22.2. The molecule has 0 unspecified atom stereocenters. The second-order valence-electron chi connectivity index (χ2n) is 3.86. The smallest absolute Gasteiger partial charge is 0.381 e. The molecular formula is C10H12ClF3N4O2. The molecule has 0 aliphatic carbocycles. The van der Waals surface area contributed by atoms with Crippen molar-refractivity contribution in [1.82, 2.24) is 15.1 Å². The zero-order valence-corrected chi connectivity index (χ0v) is 11.2. The molecule has 112 valence electrons. The molecule has 0 bridgehead atoms. The van der Waals surface area contributed by atoms with E-state index in [-0.39, 0.29) is 34.4 Å². The van der Waals surface area contributed by atoms with Crippen molar-refractivity contribution < 1.29 is 18.0 Å². The van der Waals surface area contributed by atoms with E-state index in [2.05, 4.69) is 15.7 Å². The largest absolute Gasteiger partial charge is 0.408 e. The summed E-state index contributed by atoms with van der Waals surface area (Å²) in [7, 11) is 0. The highest BCUT2D eigenvalue weighted by atomic mass is 35.5. The normalized spacial score (nSPS) is 11.2. The number of carbonyl (C=O) groups is 1. The minimum Gasteiger partial charge on any atom is -0.381 e. The highest BCUT2D eigenvalue weighted by Gasteiger charge is 2.29. The number of nitrogens with zero attached hydrogens (tertiary/aromatic N) is 2. The average molecular weight is 313 g/mol. The number of nitrogens with one attached hydrogen (secondary N) is 2.